The van der Waals surface area contributed by atoms with Gasteiger partial charge in [0.2, 0.25) is 5.52 Å². The van der Waals surface area contributed by atoms with E-state index in [-0.39, 0.29) is 24.6 Å². The number of aromatic nitrogens is 3. The molecule has 0 aliphatic rings. The van der Waals surface area contributed by atoms with Gasteiger partial charge in [-0.25, -0.2) is 15.0 Å². The minimum Gasteiger partial charge on any atom is -0.868 e. The van der Waals surface area contributed by atoms with Crippen molar-refractivity contribution in [3.63, 3.8) is 0 Å². The zero-order chi connectivity index (χ0) is 23.4. The molecule has 2 aromatic heterocycles. The van der Waals surface area contributed by atoms with Crippen molar-refractivity contribution in [2.45, 2.75) is 0 Å². The Morgan fingerprint density at radius 3 is 2.28 bits per heavy atom. The number of nitrogens with zero attached hydrogens (tertiary/aromatic N) is 2. The summed E-state index contributed by atoms with van der Waals surface area (Å²) in [7, 11) is 0. The summed E-state index contributed by atoms with van der Waals surface area (Å²) >= 11 is 0. The van der Waals surface area contributed by atoms with Crippen LogP contribution >= 0.6 is 0 Å². The Hall–Kier alpha value is -4.23. The van der Waals surface area contributed by atoms with Crippen LogP contribution in [0, 0.1) is 0 Å². The van der Waals surface area contributed by atoms with E-state index in [0.29, 0.717) is 5.52 Å². The fraction of sp³-hybridized carbons (Fsp3) is 0. The molecule has 0 unspecified atom stereocenters. The van der Waals surface area contributed by atoms with Crippen molar-refractivity contribution in [3.8, 4) is 28.0 Å². The normalized spacial score (nSPS) is 11.2. The maximum absolute atomic E-state index is 12.6. The van der Waals surface area contributed by atoms with E-state index in [1.807, 2.05) is 30.6 Å². The van der Waals surface area contributed by atoms with Crippen molar-refractivity contribution < 1.29 is 29.0 Å². The molecule has 0 amide bonds. The Balaban J connectivity index is 0.00000240. The van der Waals surface area contributed by atoms with Crippen LogP contribution in [0.3, 0.4) is 0 Å². The predicted molar refractivity (Wildman–Crippen MR) is 139 cm³/mol. The molecule has 0 aliphatic heterocycles. The van der Waals surface area contributed by atoms with Crippen LogP contribution in [0.5, 0.6) is 5.75 Å². The van der Waals surface area contributed by atoms with Crippen molar-refractivity contribution >= 4 is 43.2 Å². The molecule has 0 saturated heterocycles. The van der Waals surface area contributed by atoms with Crippen LogP contribution in [0.4, 0.5) is 0 Å². The first kappa shape index (κ1) is 22.2. The van der Waals surface area contributed by atoms with E-state index in [9.17, 15) is 5.11 Å². The van der Waals surface area contributed by atoms with Crippen molar-refractivity contribution in [2.75, 3.05) is 0 Å². The van der Waals surface area contributed by atoms with Gasteiger partial charge >= 0.3 is 18.9 Å². The van der Waals surface area contributed by atoms with E-state index in [0.717, 1.165) is 49.2 Å². The van der Waals surface area contributed by atoms with Crippen LogP contribution in [0.25, 0.3) is 65.5 Å². The van der Waals surface area contributed by atoms with Gasteiger partial charge in [-0.05, 0) is 66.9 Å². The van der Waals surface area contributed by atoms with Gasteiger partial charge in [0, 0.05) is 24.0 Å². The molecule has 164 valence electrons. The number of aromatic amines is 1. The number of fused-ring (bicyclic) bond motifs is 5. The molecule has 0 spiro atoms. The van der Waals surface area contributed by atoms with Crippen molar-refractivity contribution in [2.24, 2.45) is 0 Å². The Kier molecular flexibility index (Phi) is 5.42. The van der Waals surface area contributed by atoms with Crippen LogP contribution in [-0.2, 0) is 0 Å². The first-order valence-electron chi connectivity index (χ1n) is 11.5. The molecule has 36 heavy (non-hydrogen) atoms. The van der Waals surface area contributed by atoms with Gasteiger partial charge in [-0.1, -0.05) is 66.7 Å². The number of hydrogen-bond donors (Lipinski definition) is 0. The molecule has 2 heterocycles. The number of nitrogens with one attached hydrogen (secondary N) is 1. The van der Waals surface area contributed by atoms with Gasteiger partial charge in [-0.15, -0.1) is 0 Å². The summed E-state index contributed by atoms with van der Waals surface area (Å²) < 4.78 is 0. The Bertz CT molecular complexity index is 1920. The van der Waals surface area contributed by atoms with Crippen molar-refractivity contribution in [1.29, 1.82) is 0 Å². The molecule has 0 bridgehead atoms. The maximum Gasteiger partial charge on any atom is 1.00 e. The van der Waals surface area contributed by atoms with Gasteiger partial charge in [-0.3, -0.25) is 0 Å². The zero-order valence-corrected chi connectivity index (χ0v) is 19.7. The minimum atomic E-state index is -0.00550. The van der Waals surface area contributed by atoms with E-state index in [1.165, 1.54) is 10.8 Å². The predicted octanol–water partition coefficient (Wildman–Crippen LogP) is 3.32. The molecular weight excluding hydrogens is 437 g/mol. The third-order valence-electron chi connectivity index (χ3n) is 6.84. The van der Waals surface area contributed by atoms with Crippen molar-refractivity contribution in [3.05, 3.63) is 110 Å². The number of pyridine rings is 1. The topological polar surface area (TPSA) is 63.0 Å². The number of hydrogen-bond acceptors (Lipinski definition) is 3. The average molecular weight is 456 g/mol. The number of rotatable bonds is 2. The number of H-pyrrole nitrogens is 1. The first-order chi connectivity index (χ1) is 17.3. The molecule has 5 aromatic carbocycles. The summed E-state index contributed by atoms with van der Waals surface area (Å²) in [6, 6.07) is 29.1. The van der Waals surface area contributed by atoms with E-state index in [2.05, 4.69) is 75.6 Å². The quantitative estimate of drug-likeness (QED) is 0.228. The second-order valence-corrected chi connectivity index (χ2v) is 8.73. The van der Waals surface area contributed by atoms with E-state index in [1.54, 1.807) is 18.6 Å². The SMILES string of the molecule is [Li+].[O-]c1ccc(-c2c3ccccc3cc3c2ccc2c(-c4cncnc4)cccc23)c2ccc[nH+]c12. The second-order valence-electron chi connectivity index (χ2n) is 8.73. The largest absolute Gasteiger partial charge is 1.00 e. The third-order valence-corrected chi connectivity index (χ3v) is 6.84. The third kappa shape index (κ3) is 3.35. The maximum atomic E-state index is 12.6. The minimum absolute atomic E-state index is 0. The molecule has 0 fully saturated rings. The van der Waals surface area contributed by atoms with E-state index < -0.39 is 0 Å². The molecular formula is C31H19LiN3O+. The van der Waals surface area contributed by atoms with Crippen molar-refractivity contribution in [1.82, 2.24) is 9.97 Å². The van der Waals surface area contributed by atoms with Crippen LogP contribution in [0.1, 0.15) is 0 Å². The van der Waals surface area contributed by atoms with Gasteiger partial charge in [0.25, 0.3) is 0 Å². The van der Waals surface area contributed by atoms with Gasteiger partial charge in [0.05, 0.1) is 5.39 Å². The molecule has 7 aromatic rings. The fourth-order valence-electron chi connectivity index (χ4n) is 5.30. The number of benzene rings is 5. The smallest absolute Gasteiger partial charge is 0.868 e. The summed E-state index contributed by atoms with van der Waals surface area (Å²) in [5.41, 5.74) is 4.91. The first-order valence-corrected chi connectivity index (χ1v) is 11.5. The van der Waals surface area contributed by atoms with Gasteiger partial charge in [0.1, 0.15) is 6.33 Å². The average Bonchev–Trinajstić information content (AvgIpc) is 2.92. The molecule has 0 atom stereocenters. The van der Waals surface area contributed by atoms with Crippen LogP contribution in [0.15, 0.2) is 110 Å². The zero-order valence-electron chi connectivity index (χ0n) is 19.7. The second kappa shape index (κ2) is 8.77. The fourth-order valence-corrected chi connectivity index (χ4v) is 5.30. The summed E-state index contributed by atoms with van der Waals surface area (Å²) in [5, 5.41) is 20.5. The Morgan fingerprint density at radius 2 is 1.39 bits per heavy atom. The summed E-state index contributed by atoms with van der Waals surface area (Å²) in [5.74, 6) is -0.00550. The summed E-state index contributed by atoms with van der Waals surface area (Å²) in [6.07, 6.45) is 7.06. The van der Waals surface area contributed by atoms with Gasteiger partial charge < -0.3 is 5.11 Å². The van der Waals surface area contributed by atoms with E-state index >= 15 is 0 Å². The van der Waals surface area contributed by atoms with Crippen LogP contribution in [0.2, 0.25) is 0 Å². The van der Waals surface area contributed by atoms with Gasteiger partial charge in [0.15, 0.2) is 6.20 Å². The summed E-state index contributed by atoms with van der Waals surface area (Å²) in [4.78, 5) is 11.6. The van der Waals surface area contributed by atoms with E-state index in [4.69, 9.17) is 0 Å². The molecule has 0 radical (unpaired) electrons. The Morgan fingerprint density at radius 1 is 0.611 bits per heavy atom. The van der Waals surface area contributed by atoms with Crippen LogP contribution in [-0.4, -0.2) is 9.97 Å². The summed E-state index contributed by atoms with van der Waals surface area (Å²) in [6.45, 7) is 0. The monoisotopic (exact) mass is 456 g/mol. The molecule has 0 saturated carbocycles. The molecule has 1 N–H and O–H groups in total. The van der Waals surface area contributed by atoms with Crippen LogP contribution < -0.4 is 29.0 Å². The van der Waals surface area contributed by atoms with Gasteiger partial charge in [-0.2, -0.15) is 0 Å². The molecule has 7 rings (SSSR count). The molecule has 0 aliphatic carbocycles. The molecule has 5 heteroatoms. The standard InChI is InChI=1S/C31H19N3O.Li/c35-29-13-12-25(27-9-4-14-34-31(27)29)30-22-6-2-1-5-19(22)15-28-23-8-3-7-21(20-16-32-18-33-17-20)24(23)10-11-26(28)30;/h1-18,35H;/q;+1. The molecule has 4 nitrogen and oxygen atoms in total. The Labute approximate surface area is 219 Å².